The predicted octanol–water partition coefficient (Wildman–Crippen LogP) is 3.49. The molecule has 1 fully saturated rings. The van der Waals surface area contributed by atoms with Crippen molar-refractivity contribution in [1.29, 1.82) is 0 Å². The van der Waals surface area contributed by atoms with Crippen LogP contribution in [0.25, 0.3) is 4.25 Å². The Balaban J connectivity index is 1.97. The highest BCUT2D eigenvalue weighted by molar-refractivity contribution is 7.88. The van der Waals surface area contributed by atoms with Gasteiger partial charge in [0.05, 0.1) is 0 Å². The van der Waals surface area contributed by atoms with Gasteiger partial charge in [-0.15, -0.1) is 0 Å². The second-order valence-electron chi connectivity index (χ2n) is 7.50. The van der Waals surface area contributed by atoms with E-state index < -0.39 is 11.0 Å². The third kappa shape index (κ3) is 2.85. The molecule has 1 N–H and O–H groups in total. The van der Waals surface area contributed by atoms with Crippen molar-refractivity contribution >= 4 is 11.0 Å². The molecule has 0 radical (unpaired) electrons. The molecule has 2 atom stereocenters. The Kier molecular flexibility index (Phi) is 4.13. The zero-order valence-corrected chi connectivity index (χ0v) is 14.5. The minimum Gasteiger partial charge on any atom is -0.317 e. The molecule has 1 aromatic carbocycles. The molecule has 0 bridgehead atoms. The Labute approximate surface area is 135 Å². The minimum atomic E-state index is -1.23. The maximum atomic E-state index is 12.3. The van der Waals surface area contributed by atoms with Gasteiger partial charge < -0.3 is 5.32 Å². The molecule has 3 rings (SSSR count). The Hall–Kier alpha value is -1.18. The first-order chi connectivity index (χ1) is 10.4. The molecular formula is C18H25N2OS+. The molecule has 1 spiro atoms. The quantitative estimate of drug-likeness (QED) is 0.794. The fraction of sp³-hybridized carbons (Fsp3) is 0.611. The lowest BCUT2D eigenvalue weighted by Gasteiger charge is -2.35. The molecule has 0 amide bonds. The summed E-state index contributed by atoms with van der Waals surface area (Å²) in [6, 6.07) is 11.9. The van der Waals surface area contributed by atoms with E-state index in [9.17, 15) is 4.21 Å². The van der Waals surface area contributed by atoms with Gasteiger partial charge in [-0.05, 0) is 64.3 Å². The van der Waals surface area contributed by atoms with Crippen LogP contribution in [0.1, 0.15) is 50.7 Å². The predicted molar refractivity (Wildman–Crippen MR) is 92.6 cm³/mol. The maximum Gasteiger partial charge on any atom is 0.418 e. The Morgan fingerprint density at radius 2 is 1.95 bits per heavy atom. The Morgan fingerprint density at radius 3 is 2.64 bits per heavy atom. The molecule has 1 unspecified atom stereocenters. The van der Waals surface area contributed by atoms with Gasteiger partial charge in [-0.2, -0.15) is 4.21 Å². The molecule has 0 aromatic heterocycles. The van der Waals surface area contributed by atoms with Crippen LogP contribution in [0.2, 0.25) is 0 Å². The topological polar surface area (TPSA) is 33.5 Å². The molecular weight excluding hydrogens is 292 g/mol. The summed E-state index contributed by atoms with van der Waals surface area (Å²) in [6.07, 6.45) is 3.37. The number of fused-ring (bicyclic) bond motifs is 1. The average Bonchev–Trinajstić information content (AvgIpc) is 2.77. The molecule has 118 valence electrons. The minimum absolute atomic E-state index is 0.178. The average molecular weight is 317 g/mol. The van der Waals surface area contributed by atoms with Crippen LogP contribution in [0.5, 0.6) is 0 Å². The van der Waals surface area contributed by atoms with E-state index in [1.54, 1.807) is 0 Å². The van der Waals surface area contributed by atoms with Crippen molar-refractivity contribution in [3.63, 3.8) is 0 Å². The summed E-state index contributed by atoms with van der Waals surface area (Å²) in [4.78, 5) is 0. The third-order valence-corrected chi connectivity index (χ3v) is 6.23. The van der Waals surface area contributed by atoms with E-state index in [4.69, 9.17) is 0 Å². The number of hydrogen-bond donors (Lipinski definition) is 1. The van der Waals surface area contributed by atoms with Gasteiger partial charge in [0.1, 0.15) is 10.7 Å². The highest BCUT2D eigenvalue weighted by Crippen LogP contribution is 2.52. The van der Waals surface area contributed by atoms with Crippen LogP contribution in [0.4, 0.5) is 0 Å². The molecule has 1 aliphatic heterocycles. The van der Waals surface area contributed by atoms with Crippen molar-refractivity contribution in [2.75, 3.05) is 13.1 Å². The number of nitrogens with one attached hydrogen (secondary N) is 1. The second-order valence-corrected chi connectivity index (χ2v) is 9.41. The van der Waals surface area contributed by atoms with E-state index in [-0.39, 0.29) is 16.1 Å². The van der Waals surface area contributed by atoms with Crippen molar-refractivity contribution in [3.05, 3.63) is 39.6 Å². The van der Waals surface area contributed by atoms with E-state index in [0.29, 0.717) is 0 Å². The van der Waals surface area contributed by atoms with Gasteiger partial charge >= 0.3 is 17.1 Å². The van der Waals surface area contributed by atoms with Crippen molar-refractivity contribution in [1.82, 2.24) is 5.32 Å². The monoisotopic (exact) mass is 317 g/mol. The van der Waals surface area contributed by atoms with Gasteiger partial charge in [0.2, 0.25) is 0 Å². The van der Waals surface area contributed by atoms with Crippen LogP contribution >= 0.6 is 0 Å². The maximum absolute atomic E-state index is 12.3. The van der Waals surface area contributed by atoms with E-state index >= 15 is 0 Å². The molecule has 3 nitrogen and oxygen atoms in total. The fourth-order valence-electron chi connectivity index (χ4n) is 3.62. The van der Waals surface area contributed by atoms with Crippen LogP contribution in [0, 0.1) is 11.5 Å². The van der Waals surface area contributed by atoms with Gasteiger partial charge in [-0.1, -0.05) is 24.3 Å². The van der Waals surface area contributed by atoms with Gasteiger partial charge in [0.15, 0.2) is 0 Å². The van der Waals surface area contributed by atoms with E-state index in [0.717, 1.165) is 32.4 Å². The number of rotatable bonds is 0. The standard InChI is InChI=1S/C18H25N2OS/c1-17(2,3)22(21)20-13-16-15-7-5-4-6-14(15)12-18(16)8-10-19-11-9-18/h4-7,16,19H,8-12H2,1-3H3/q+1/t16?,22-/m0/s1. The zero-order chi connectivity index (χ0) is 15.8. The summed E-state index contributed by atoms with van der Waals surface area (Å²) in [5, 5.41) is 3.45. The van der Waals surface area contributed by atoms with Crippen LogP contribution in [-0.4, -0.2) is 22.0 Å². The number of nitrogens with zero attached hydrogens (tertiary/aromatic N) is 1. The molecule has 22 heavy (non-hydrogen) atoms. The first kappa shape index (κ1) is 15.7. The molecule has 2 aliphatic rings. The lowest BCUT2D eigenvalue weighted by molar-refractivity contribution is 0.198. The Morgan fingerprint density at radius 1 is 1.27 bits per heavy atom. The molecule has 4 heteroatoms. The van der Waals surface area contributed by atoms with Crippen LogP contribution in [-0.2, 0) is 17.4 Å². The third-order valence-electron chi connectivity index (χ3n) is 4.91. The first-order valence-corrected chi connectivity index (χ1v) is 9.20. The molecule has 1 aromatic rings. The summed E-state index contributed by atoms with van der Waals surface area (Å²) in [6.45, 7) is 7.97. The normalized spacial score (nSPS) is 24.4. The van der Waals surface area contributed by atoms with Gasteiger partial charge in [-0.3, -0.25) is 0 Å². The number of benzene rings is 1. The summed E-state index contributed by atoms with van der Waals surface area (Å²) in [7, 11) is -1.23. The second kappa shape index (κ2) is 5.79. The largest absolute Gasteiger partial charge is 0.418 e. The van der Waals surface area contributed by atoms with Crippen LogP contribution in [0.3, 0.4) is 0 Å². The van der Waals surface area contributed by atoms with Gasteiger partial charge in [-0.25, -0.2) is 0 Å². The SMILES string of the molecule is CC(C)(C)[S@](=O)[N+]#CC1c2ccccc2CC12CCNCC2. The number of hydrogen-bond acceptors (Lipinski definition) is 2. The van der Waals surface area contributed by atoms with Crippen molar-refractivity contribution in [3.8, 4) is 6.07 Å². The summed E-state index contributed by atoms with van der Waals surface area (Å²) in [5.74, 6) is 0.178. The van der Waals surface area contributed by atoms with Crippen molar-refractivity contribution in [2.24, 2.45) is 5.41 Å². The van der Waals surface area contributed by atoms with E-state index in [1.807, 2.05) is 20.8 Å². The highest BCUT2D eigenvalue weighted by atomic mass is 32.2. The fourth-order valence-corrected chi connectivity index (χ4v) is 4.10. The summed E-state index contributed by atoms with van der Waals surface area (Å²) in [5.41, 5.74) is 2.96. The lowest BCUT2D eigenvalue weighted by atomic mass is 9.70. The van der Waals surface area contributed by atoms with E-state index in [1.165, 1.54) is 11.1 Å². The van der Waals surface area contributed by atoms with Crippen molar-refractivity contribution < 1.29 is 4.21 Å². The number of piperidine rings is 1. The van der Waals surface area contributed by atoms with E-state index in [2.05, 4.69) is 39.9 Å². The summed E-state index contributed by atoms with van der Waals surface area (Å²) < 4.78 is 16.3. The van der Waals surface area contributed by atoms with Crippen LogP contribution < -0.4 is 5.32 Å². The molecule has 1 heterocycles. The zero-order valence-electron chi connectivity index (χ0n) is 13.7. The smallest absolute Gasteiger partial charge is 0.317 e. The van der Waals surface area contributed by atoms with Crippen molar-refractivity contribution in [2.45, 2.75) is 50.7 Å². The first-order valence-electron chi connectivity index (χ1n) is 8.09. The molecule has 0 saturated carbocycles. The van der Waals surface area contributed by atoms with Crippen LogP contribution in [0.15, 0.2) is 24.3 Å². The molecule has 1 aliphatic carbocycles. The lowest BCUT2D eigenvalue weighted by Crippen LogP contribution is -2.39. The molecule has 1 saturated heterocycles. The van der Waals surface area contributed by atoms with Gasteiger partial charge in [0.25, 0.3) is 0 Å². The Bertz CT molecular complexity index is 645. The summed E-state index contributed by atoms with van der Waals surface area (Å²) >= 11 is 0. The highest BCUT2D eigenvalue weighted by Gasteiger charge is 2.49. The van der Waals surface area contributed by atoms with Gasteiger partial charge in [0, 0.05) is 9.67 Å².